The molecule has 4 aromatic heterocycles. The van der Waals surface area contributed by atoms with Crippen molar-refractivity contribution < 1.29 is 4.42 Å². The van der Waals surface area contributed by atoms with E-state index in [9.17, 15) is 5.26 Å². The van der Waals surface area contributed by atoms with E-state index in [2.05, 4.69) is 179 Å². The molecule has 4 unspecified atom stereocenters. The minimum Gasteiger partial charge on any atom is -0.454 e. The van der Waals surface area contributed by atoms with E-state index in [1.54, 1.807) is 0 Å². The van der Waals surface area contributed by atoms with Gasteiger partial charge in [0, 0.05) is 49.9 Å². The highest BCUT2D eigenvalue weighted by molar-refractivity contribution is 6.19. The molecule has 0 saturated heterocycles. The highest BCUT2D eigenvalue weighted by atomic mass is 16.3. The topological polar surface area (TPSA) is 62.4 Å². The number of imidazole rings is 1. The zero-order valence-electron chi connectivity index (χ0n) is 33.0. The van der Waals surface area contributed by atoms with Crippen molar-refractivity contribution in [2.45, 2.75) is 37.1 Å². The normalized spacial score (nSPS) is 20.5. The molecule has 0 spiro atoms. The number of nitrogens with zero attached hydrogens (tertiary/aromatic N) is 5. The molecule has 4 atom stereocenters. The molecule has 0 N–H and O–H groups in total. The minimum atomic E-state index is -0.145. The summed E-state index contributed by atoms with van der Waals surface area (Å²) in [6, 6.07) is 50.0. The van der Waals surface area contributed by atoms with E-state index < -0.39 is 0 Å². The Morgan fingerprint density at radius 1 is 0.733 bits per heavy atom. The van der Waals surface area contributed by atoms with E-state index >= 15 is 0 Å². The van der Waals surface area contributed by atoms with E-state index in [1.165, 1.54) is 44.7 Å². The zero-order chi connectivity index (χ0) is 39.9. The van der Waals surface area contributed by atoms with Gasteiger partial charge in [0.2, 0.25) is 0 Å². The van der Waals surface area contributed by atoms with Crippen molar-refractivity contribution in [3.8, 4) is 11.8 Å². The van der Waals surface area contributed by atoms with Crippen molar-refractivity contribution in [1.29, 1.82) is 5.26 Å². The van der Waals surface area contributed by atoms with Crippen molar-refractivity contribution >= 4 is 77.9 Å². The van der Waals surface area contributed by atoms with Gasteiger partial charge >= 0.3 is 0 Å². The SMILES string of the molecule is CC1c2c(n(-c3ccc4oc5c6ccccc6c6nc7ccc(C#N)cc7n6c5c4c3)c3ccccc23)C=CC1c1ccc2c(c1)C1(C)C=CC=CC1N2c1ccccc1. The Balaban J connectivity index is 0.985. The summed E-state index contributed by atoms with van der Waals surface area (Å²) in [5, 5.41) is 14.2. The first-order valence-electron chi connectivity index (χ1n) is 20.8. The number of aromatic nitrogens is 3. The first-order chi connectivity index (χ1) is 29.5. The molecule has 1 aliphatic heterocycles. The summed E-state index contributed by atoms with van der Waals surface area (Å²) in [4.78, 5) is 7.63. The minimum absolute atomic E-state index is 0.145. The molecule has 6 nitrogen and oxygen atoms in total. The number of hydrogen-bond donors (Lipinski definition) is 0. The fourth-order valence-electron chi connectivity index (χ4n) is 11.0. The lowest BCUT2D eigenvalue weighted by atomic mass is 9.73. The smallest absolute Gasteiger partial charge is 0.160 e. The maximum Gasteiger partial charge on any atom is 0.160 e. The third-order valence-corrected chi connectivity index (χ3v) is 13.8. The summed E-state index contributed by atoms with van der Waals surface area (Å²) in [6.07, 6.45) is 13.9. The summed E-state index contributed by atoms with van der Waals surface area (Å²) in [6.45, 7) is 4.79. The van der Waals surface area contributed by atoms with Crippen LogP contribution in [0, 0.1) is 11.3 Å². The average Bonchev–Trinajstić information content (AvgIpc) is 4.03. The molecule has 2 aliphatic carbocycles. The predicted octanol–water partition coefficient (Wildman–Crippen LogP) is 13.2. The molecule has 5 heterocycles. The molecule has 13 rings (SSSR count). The highest BCUT2D eigenvalue weighted by Gasteiger charge is 2.47. The Hall–Kier alpha value is -7.62. The van der Waals surface area contributed by atoms with Gasteiger partial charge < -0.3 is 13.9 Å². The van der Waals surface area contributed by atoms with Crippen LogP contribution in [0.25, 0.3) is 72.2 Å². The van der Waals surface area contributed by atoms with E-state index in [-0.39, 0.29) is 23.3 Å². The van der Waals surface area contributed by atoms with Crippen molar-refractivity contribution in [2.75, 3.05) is 4.90 Å². The standard InChI is InChI=1S/C54H37N5O/c1-32-37(34-20-24-45-42(29-34)54(2)27-11-10-18-49(54)58(45)35-12-4-3-5-13-35)22-25-46-50(32)40-16-8-9-17-44(40)57(46)36-21-26-48-41(30-36)51-52(60-48)38-14-6-7-15-39(38)53-56-43-23-19-33(31-55)28-47(43)59(51)53/h3-30,32,37,49H,1-2H3. The van der Waals surface area contributed by atoms with Gasteiger partial charge in [-0.1, -0.05) is 110 Å². The fourth-order valence-corrected chi connectivity index (χ4v) is 11.0. The van der Waals surface area contributed by atoms with Crippen LogP contribution in [0.5, 0.6) is 0 Å². The molecule has 3 aliphatic rings. The predicted molar refractivity (Wildman–Crippen MR) is 244 cm³/mol. The Morgan fingerprint density at radius 2 is 1.55 bits per heavy atom. The van der Waals surface area contributed by atoms with Crippen LogP contribution in [-0.4, -0.2) is 20.0 Å². The molecule has 6 heteroatoms. The van der Waals surface area contributed by atoms with Gasteiger partial charge in [-0.25, -0.2) is 4.98 Å². The largest absolute Gasteiger partial charge is 0.454 e. The van der Waals surface area contributed by atoms with Crippen molar-refractivity contribution in [2.24, 2.45) is 0 Å². The van der Waals surface area contributed by atoms with Gasteiger partial charge in [0.15, 0.2) is 5.58 Å². The molecule has 0 fully saturated rings. The third kappa shape index (κ3) is 4.33. The average molecular weight is 772 g/mol. The van der Waals surface area contributed by atoms with Crippen molar-refractivity contribution in [3.05, 3.63) is 192 Å². The van der Waals surface area contributed by atoms with Gasteiger partial charge in [-0.15, -0.1) is 0 Å². The molecule has 284 valence electrons. The molecule has 0 amide bonds. The quantitative estimate of drug-likeness (QED) is 0.179. The molecule has 10 aromatic rings. The first-order valence-corrected chi connectivity index (χ1v) is 20.8. The van der Waals surface area contributed by atoms with Crippen LogP contribution in [0.3, 0.4) is 0 Å². The molecule has 0 bridgehead atoms. The lowest BCUT2D eigenvalue weighted by Gasteiger charge is -2.34. The van der Waals surface area contributed by atoms with Gasteiger partial charge in [-0.3, -0.25) is 4.40 Å². The summed E-state index contributed by atoms with van der Waals surface area (Å²) in [5.74, 6) is 0.426. The van der Waals surface area contributed by atoms with Crippen molar-refractivity contribution in [1.82, 2.24) is 14.0 Å². The van der Waals surface area contributed by atoms with Crippen molar-refractivity contribution in [3.63, 3.8) is 0 Å². The molecule has 6 aromatic carbocycles. The summed E-state index contributed by atoms with van der Waals surface area (Å²) < 4.78 is 11.4. The number of para-hydroxylation sites is 2. The lowest BCUT2D eigenvalue weighted by molar-refractivity contribution is 0.549. The van der Waals surface area contributed by atoms with E-state index in [0.717, 1.165) is 55.2 Å². The zero-order valence-corrected chi connectivity index (χ0v) is 33.0. The number of benzene rings is 6. The lowest BCUT2D eigenvalue weighted by Crippen LogP contribution is -2.39. The second-order valence-corrected chi connectivity index (χ2v) is 16.9. The van der Waals surface area contributed by atoms with Crippen LogP contribution in [0.15, 0.2) is 168 Å². The number of anilines is 2. The van der Waals surface area contributed by atoms with Gasteiger partial charge in [0.05, 0.1) is 39.9 Å². The molecule has 0 radical (unpaired) electrons. The number of allylic oxidation sites excluding steroid dienone is 3. The second kappa shape index (κ2) is 12.0. The summed E-state index contributed by atoms with van der Waals surface area (Å²) >= 11 is 0. The maximum atomic E-state index is 9.87. The van der Waals surface area contributed by atoms with Gasteiger partial charge in [0.1, 0.15) is 16.7 Å². The molecular formula is C54H37N5O. The van der Waals surface area contributed by atoms with Crippen LogP contribution in [0.2, 0.25) is 0 Å². The van der Waals surface area contributed by atoms with Gasteiger partial charge in [0.25, 0.3) is 0 Å². The number of fused-ring (bicyclic) bond motifs is 16. The van der Waals surface area contributed by atoms with E-state index in [4.69, 9.17) is 9.40 Å². The van der Waals surface area contributed by atoms with E-state index in [0.29, 0.717) is 5.56 Å². The van der Waals surface area contributed by atoms with Gasteiger partial charge in [-0.05, 0) is 96.3 Å². The number of rotatable bonds is 3. The number of pyridine rings is 1. The van der Waals surface area contributed by atoms with Crippen LogP contribution < -0.4 is 4.90 Å². The Morgan fingerprint density at radius 3 is 2.42 bits per heavy atom. The highest BCUT2D eigenvalue weighted by Crippen LogP contribution is 2.54. The molecular weight excluding hydrogens is 735 g/mol. The van der Waals surface area contributed by atoms with Gasteiger partial charge in [-0.2, -0.15) is 5.26 Å². The summed E-state index contributed by atoms with van der Waals surface area (Å²) in [5.41, 5.74) is 15.6. The fraction of sp³-hybridized carbons (Fsp3) is 0.111. The Kier molecular flexibility index (Phi) is 6.66. The first kappa shape index (κ1) is 33.4. The van der Waals surface area contributed by atoms with Crippen LogP contribution in [0.1, 0.15) is 53.6 Å². The summed E-state index contributed by atoms with van der Waals surface area (Å²) in [7, 11) is 0. The maximum absolute atomic E-state index is 9.87. The second-order valence-electron chi connectivity index (χ2n) is 16.9. The van der Waals surface area contributed by atoms with Crippen LogP contribution in [0.4, 0.5) is 11.4 Å². The van der Waals surface area contributed by atoms with E-state index in [1.807, 2.05) is 24.3 Å². The number of furan rings is 1. The Bertz CT molecular complexity index is 3630. The number of hydrogen-bond acceptors (Lipinski definition) is 4. The molecule has 60 heavy (non-hydrogen) atoms. The number of nitriles is 1. The van der Waals surface area contributed by atoms with Crippen LogP contribution in [-0.2, 0) is 5.41 Å². The Labute approximate surface area is 345 Å². The van der Waals surface area contributed by atoms with Crippen LogP contribution >= 0.6 is 0 Å². The third-order valence-electron chi connectivity index (χ3n) is 13.8. The monoisotopic (exact) mass is 771 g/mol. The molecule has 0 saturated carbocycles.